The van der Waals surface area contributed by atoms with E-state index in [2.05, 4.69) is 4.90 Å². The second-order valence-electron chi connectivity index (χ2n) is 8.69. The number of piperidine rings is 1. The Balaban J connectivity index is 1.40. The van der Waals surface area contributed by atoms with Crippen LogP contribution in [0.3, 0.4) is 0 Å². The van der Waals surface area contributed by atoms with Gasteiger partial charge in [-0.15, -0.1) is 0 Å². The van der Waals surface area contributed by atoms with E-state index < -0.39 is 0 Å². The first-order chi connectivity index (χ1) is 13.7. The fourth-order valence-electron chi connectivity index (χ4n) is 5.35. The summed E-state index contributed by atoms with van der Waals surface area (Å²) in [5.41, 5.74) is 0. The van der Waals surface area contributed by atoms with Crippen LogP contribution in [0.15, 0.2) is 30.3 Å². The van der Waals surface area contributed by atoms with Crippen molar-refractivity contribution in [2.45, 2.75) is 38.6 Å². The SMILES string of the molecule is CC(=O)N1CCC([C@@H]2CN(C3CCOCC3)C[C@H]2COc2ccccc2)CC1. The van der Waals surface area contributed by atoms with Gasteiger partial charge < -0.3 is 14.4 Å². The number of likely N-dealkylation sites (tertiary alicyclic amines) is 2. The Bertz CT molecular complexity index is 624. The molecule has 3 saturated heterocycles. The van der Waals surface area contributed by atoms with Crippen LogP contribution >= 0.6 is 0 Å². The normalized spacial score (nSPS) is 27.8. The molecule has 0 N–H and O–H groups in total. The van der Waals surface area contributed by atoms with Crippen LogP contribution in [0.2, 0.25) is 0 Å². The summed E-state index contributed by atoms with van der Waals surface area (Å²) in [6.07, 6.45) is 4.57. The summed E-state index contributed by atoms with van der Waals surface area (Å²) in [5.74, 6) is 3.12. The molecule has 0 bridgehead atoms. The molecule has 1 aromatic rings. The zero-order valence-corrected chi connectivity index (χ0v) is 17.1. The van der Waals surface area contributed by atoms with Crippen molar-refractivity contribution in [1.29, 1.82) is 0 Å². The first-order valence-corrected chi connectivity index (χ1v) is 11.0. The van der Waals surface area contributed by atoms with Crippen molar-refractivity contribution >= 4 is 5.91 Å². The molecule has 2 atom stereocenters. The number of rotatable bonds is 5. The first kappa shape index (κ1) is 19.7. The second-order valence-corrected chi connectivity index (χ2v) is 8.69. The number of benzene rings is 1. The van der Waals surface area contributed by atoms with Gasteiger partial charge in [-0.2, -0.15) is 0 Å². The van der Waals surface area contributed by atoms with Gasteiger partial charge in [0.25, 0.3) is 0 Å². The minimum absolute atomic E-state index is 0.220. The van der Waals surface area contributed by atoms with E-state index in [4.69, 9.17) is 9.47 Å². The maximum atomic E-state index is 11.7. The van der Waals surface area contributed by atoms with Crippen molar-refractivity contribution < 1.29 is 14.3 Å². The Morgan fingerprint density at radius 1 is 1.07 bits per heavy atom. The van der Waals surface area contributed by atoms with E-state index in [1.54, 1.807) is 6.92 Å². The van der Waals surface area contributed by atoms with Crippen molar-refractivity contribution in [3.8, 4) is 5.75 Å². The lowest BCUT2D eigenvalue weighted by atomic mass is 9.78. The van der Waals surface area contributed by atoms with Crippen LogP contribution in [0.5, 0.6) is 5.75 Å². The Morgan fingerprint density at radius 3 is 2.46 bits per heavy atom. The molecule has 0 spiro atoms. The summed E-state index contributed by atoms with van der Waals surface area (Å²) in [6, 6.07) is 10.9. The van der Waals surface area contributed by atoms with Gasteiger partial charge in [-0.25, -0.2) is 0 Å². The molecule has 0 aromatic heterocycles. The summed E-state index contributed by atoms with van der Waals surface area (Å²) < 4.78 is 11.8. The fourth-order valence-corrected chi connectivity index (χ4v) is 5.35. The van der Waals surface area contributed by atoms with Crippen LogP contribution in [0.4, 0.5) is 0 Å². The van der Waals surface area contributed by atoms with Gasteiger partial charge in [-0.1, -0.05) is 18.2 Å². The quantitative estimate of drug-likeness (QED) is 0.780. The summed E-state index contributed by atoms with van der Waals surface area (Å²) in [5, 5.41) is 0. The van der Waals surface area contributed by atoms with Gasteiger partial charge >= 0.3 is 0 Å². The van der Waals surface area contributed by atoms with Crippen molar-refractivity contribution in [2.75, 3.05) is 46.0 Å². The van der Waals surface area contributed by atoms with E-state index in [0.717, 1.165) is 70.9 Å². The van der Waals surface area contributed by atoms with Crippen molar-refractivity contribution in [3.05, 3.63) is 30.3 Å². The summed E-state index contributed by atoms with van der Waals surface area (Å²) in [7, 11) is 0. The Morgan fingerprint density at radius 2 is 1.79 bits per heavy atom. The number of carbonyl (C=O) groups excluding carboxylic acids is 1. The van der Waals surface area contributed by atoms with E-state index in [1.165, 1.54) is 6.54 Å². The molecule has 28 heavy (non-hydrogen) atoms. The number of amides is 1. The molecule has 4 rings (SSSR count). The lowest BCUT2D eigenvalue weighted by Crippen LogP contribution is -2.41. The molecule has 5 heteroatoms. The maximum Gasteiger partial charge on any atom is 0.219 e. The first-order valence-electron chi connectivity index (χ1n) is 11.0. The minimum atomic E-state index is 0.220. The zero-order valence-electron chi connectivity index (χ0n) is 17.1. The molecule has 5 nitrogen and oxygen atoms in total. The second kappa shape index (κ2) is 9.27. The molecule has 154 valence electrons. The number of carbonyl (C=O) groups is 1. The smallest absolute Gasteiger partial charge is 0.219 e. The molecule has 3 heterocycles. The van der Waals surface area contributed by atoms with Gasteiger partial charge in [0.15, 0.2) is 0 Å². The zero-order chi connectivity index (χ0) is 19.3. The Kier molecular flexibility index (Phi) is 6.53. The standard InChI is InChI=1S/C23H34N2O3/c1-18(26)24-11-7-19(8-12-24)23-16-25(21-9-13-27-14-10-21)15-20(23)17-28-22-5-3-2-4-6-22/h2-6,19-21,23H,7-17H2,1H3/t20-,23-/m0/s1. The van der Waals surface area contributed by atoms with Crippen LogP contribution in [0.1, 0.15) is 32.6 Å². The van der Waals surface area contributed by atoms with Crippen LogP contribution < -0.4 is 4.74 Å². The topological polar surface area (TPSA) is 42.0 Å². The third-order valence-electron chi connectivity index (χ3n) is 7.02. The van der Waals surface area contributed by atoms with Gasteiger partial charge in [0.2, 0.25) is 5.91 Å². The number of hydrogen-bond acceptors (Lipinski definition) is 4. The van der Waals surface area contributed by atoms with Gasteiger partial charge in [0.1, 0.15) is 5.75 Å². The van der Waals surface area contributed by atoms with Gasteiger partial charge in [-0.05, 0) is 49.7 Å². The highest BCUT2D eigenvalue weighted by atomic mass is 16.5. The number of hydrogen-bond donors (Lipinski definition) is 0. The molecule has 0 aliphatic carbocycles. The van der Waals surface area contributed by atoms with Gasteiger partial charge in [0, 0.05) is 58.3 Å². The molecule has 1 aromatic carbocycles. The molecule has 3 aliphatic heterocycles. The lowest BCUT2D eigenvalue weighted by molar-refractivity contribution is -0.130. The van der Waals surface area contributed by atoms with Crippen LogP contribution in [0, 0.1) is 17.8 Å². The number of nitrogens with zero attached hydrogens (tertiary/aromatic N) is 2. The van der Waals surface area contributed by atoms with Crippen molar-refractivity contribution in [3.63, 3.8) is 0 Å². The third-order valence-corrected chi connectivity index (χ3v) is 7.02. The Hall–Kier alpha value is -1.59. The average molecular weight is 387 g/mol. The number of ether oxygens (including phenoxy) is 2. The molecule has 3 aliphatic rings. The molecule has 1 amide bonds. The fraction of sp³-hybridized carbons (Fsp3) is 0.696. The van der Waals surface area contributed by atoms with E-state index in [-0.39, 0.29) is 5.91 Å². The van der Waals surface area contributed by atoms with E-state index in [1.807, 2.05) is 35.2 Å². The monoisotopic (exact) mass is 386 g/mol. The lowest BCUT2D eigenvalue weighted by Gasteiger charge is -2.36. The van der Waals surface area contributed by atoms with E-state index in [9.17, 15) is 4.79 Å². The molecule has 0 unspecified atom stereocenters. The van der Waals surface area contributed by atoms with E-state index in [0.29, 0.717) is 23.8 Å². The van der Waals surface area contributed by atoms with Crippen molar-refractivity contribution in [1.82, 2.24) is 9.80 Å². The molecular formula is C23H34N2O3. The summed E-state index contributed by atoms with van der Waals surface area (Å²) >= 11 is 0. The highest BCUT2D eigenvalue weighted by Gasteiger charge is 2.41. The largest absolute Gasteiger partial charge is 0.493 e. The molecule has 0 saturated carbocycles. The minimum Gasteiger partial charge on any atom is -0.493 e. The molecule has 0 radical (unpaired) electrons. The maximum absolute atomic E-state index is 11.7. The molecular weight excluding hydrogens is 352 g/mol. The number of para-hydroxylation sites is 1. The van der Waals surface area contributed by atoms with Gasteiger partial charge in [0.05, 0.1) is 6.61 Å². The third kappa shape index (κ3) is 4.69. The average Bonchev–Trinajstić information content (AvgIpc) is 3.18. The summed E-state index contributed by atoms with van der Waals surface area (Å²) in [4.78, 5) is 16.4. The van der Waals surface area contributed by atoms with Crippen LogP contribution in [-0.2, 0) is 9.53 Å². The summed E-state index contributed by atoms with van der Waals surface area (Å²) in [6.45, 7) is 8.43. The predicted octanol–water partition coefficient (Wildman–Crippen LogP) is 3.05. The van der Waals surface area contributed by atoms with Gasteiger partial charge in [-0.3, -0.25) is 9.69 Å². The van der Waals surface area contributed by atoms with Crippen LogP contribution in [0.25, 0.3) is 0 Å². The highest BCUT2D eigenvalue weighted by molar-refractivity contribution is 5.73. The predicted molar refractivity (Wildman–Crippen MR) is 109 cm³/mol. The Labute approximate surface area is 169 Å². The molecule has 3 fully saturated rings. The van der Waals surface area contributed by atoms with Crippen LogP contribution in [-0.4, -0.2) is 67.7 Å². The van der Waals surface area contributed by atoms with Crippen molar-refractivity contribution in [2.24, 2.45) is 17.8 Å². The highest BCUT2D eigenvalue weighted by Crippen LogP contribution is 2.38. The van der Waals surface area contributed by atoms with E-state index >= 15 is 0 Å².